The number of nitrogens with one attached hydrogen (secondary N) is 2. The van der Waals surface area contributed by atoms with E-state index in [2.05, 4.69) is 26.6 Å². The van der Waals surface area contributed by atoms with Gasteiger partial charge in [0.2, 0.25) is 0 Å². The minimum atomic E-state index is -1.41. The number of carbonyl (C=O) groups excluding carboxylic acids is 3. The first-order valence-electron chi connectivity index (χ1n) is 8.12. The Morgan fingerprint density at radius 2 is 1.85 bits per heavy atom. The number of carboxylic acid groups (broad SMARTS) is 1. The Labute approximate surface area is 164 Å². The molecule has 1 heterocycles. The molecule has 0 unspecified atom stereocenters. The van der Waals surface area contributed by atoms with Crippen LogP contribution >= 0.6 is 15.9 Å². The number of carbonyl (C=O) groups is 3. The number of amides is 2. The van der Waals surface area contributed by atoms with E-state index >= 15 is 0 Å². The Hall–Kier alpha value is -2.87. The molecule has 1 aromatic heterocycles. The van der Waals surface area contributed by atoms with Crippen molar-refractivity contribution in [2.45, 2.75) is 19.9 Å². The molecule has 0 aliphatic carbocycles. The highest BCUT2D eigenvalue weighted by Crippen LogP contribution is 2.16. The van der Waals surface area contributed by atoms with Crippen molar-refractivity contribution >= 4 is 39.8 Å². The topological polar surface area (TPSA) is 111 Å². The molecule has 0 aliphatic rings. The van der Waals surface area contributed by atoms with Gasteiger partial charge in [0.1, 0.15) is 11.5 Å². The van der Waals surface area contributed by atoms with Crippen molar-refractivity contribution in [1.29, 1.82) is 0 Å². The number of rotatable bonds is 7. The highest BCUT2D eigenvalue weighted by molar-refractivity contribution is 9.10. The molecular weight excluding hydrogens is 416 g/mol. The van der Waals surface area contributed by atoms with Gasteiger partial charge in [-0.05, 0) is 46.1 Å². The Kier molecular flexibility index (Phi) is 6.95. The standard InChI is InChI=1S/C19H19BrN2O5/c1-11(2)16(19(25)26)22-18(24)15(10-12-6-5-9-27-12)21-17(23)13-7-3-4-8-14(13)20/h3-11,16H,1-2H3,(H,21,23)(H,22,24)(H,25,26)/p-1/b15-10-/t16-/m1/s1. The number of furan rings is 1. The van der Waals surface area contributed by atoms with E-state index in [-0.39, 0.29) is 5.70 Å². The molecule has 8 heteroatoms. The average molecular weight is 434 g/mol. The molecule has 2 aromatic rings. The maximum atomic E-state index is 12.6. The summed E-state index contributed by atoms with van der Waals surface area (Å²) in [5.74, 6) is -2.79. The summed E-state index contributed by atoms with van der Waals surface area (Å²) in [5.41, 5.74) is 0.161. The second-order valence-electron chi connectivity index (χ2n) is 6.02. The third-order valence-corrected chi connectivity index (χ3v) is 4.34. The van der Waals surface area contributed by atoms with Crippen LogP contribution in [0.2, 0.25) is 0 Å². The molecule has 2 rings (SSSR count). The fraction of sp³-hybridized carbons (Fsp3) is 0.211. The predicted octanol–water partition coefficient (Wildman–Crippen LogP) is 1.70. The lowest BCUT2D eigenvalue weighted by Crippen LogP contribution is -2.52. The molecule has 2 amide bonds. The number of aliphatic carboxylic acids is 1. The van der Waals surface area contributed by atoms with Crippen LogP contribution in [0, 0.1) is 5.92 Å². The normalized spacial score (nSPS) is 12.5. The van der Waals surface area contributed by atoms with Gasteiger partial charge in [-0.25, -0.2) is 0 Å². The lowest BCUT2D eigenvalue weighted by Gasteiger charge is -2.24. The number of hydrogen-bond donors (Lipinski definition) is 2. The van der Waals surface area contributed by atoms with E-state index in [0.29, 0.717) is 15.8 Å². The van der Waals surface area contributed by atoms with Crippen molar-refractivity contribution in [3.05, 3.63) is 64.2 Å². The second-order valence-corrected chi connectivity index (χ2v) is 6.88. The number of halogens is 1. The molecule has 7 nitrogen and oxygen atoms in total. The summed E-state index contributed by atoms with van der Waals surface area (Å²) in [6, 6.07) is 8.71. The van der Waals surface area contributed by atoms with E-state index in [1.54, 1.807) is 50.2 Å². The fourth-order valence-electron chi connectivity index (χ4n) is 2.23. The van der Waals surface area contributed by atoms with Crippen LogP contribution in [0.4, 0.5) is 0 Å². The van der Waals surface area contributed by atoms with Gasteiger partial charge in [-0.15, -0.1) is 0 Å². The van der Waals surface area contributed by atoms with Crippen LogP contribution in [-0.4, -0.2) is 23.8 Å². The summed E-state index contributed by atoms with van der Waals surface area (Å²) >= 11 is 3.28. The van der Waals surface area contributed by atoms with E-state index in [9.17, 15) is 19.5 Å². The monoisotopic (exact) mass is 433 g/mol. The van der Waals surface area contributed by atoms with Gasteiger partial charge >= 0.3 is 0 Å². The molecule has 0 saturated carbocycles. The largest absolute Gasteiger partial charge is 0.548 e. The third kappa shape index (κ3) is 5.55. The van der Waals surface area contributed by atoms with Crippen LogP contribution in [0.5, 0.6) is 0 Å². The average Bonchev–Trinajstić information content (AvgIpc) is 3.11. The van der Waals surface area contributed by atoms with Gasteiger partial charge in [0, 0.05) is 10.5 Å². The van der Waals surface area contributed by atoms with Crippen LogP contribution in [0.1, 0.15) is 30.0 Å². The molecule has 0 fully saturated rings. The zero-order valence-electron chi connectivity index (χ0n) is 14.7. The molecule has 0 spiro atoms. The zero-order chi connectivity index (χ0) is 20.0. The minimum absolute atomic E-state index is 0.155. The lowest BCUT2D eigenvalue weighted by atomic mass is 10.0. The summed E-state index contributed by atoms with van der Waals surface area (Å²) < 4.78 is 5.73. The Morgan fingerprint density at radius 1 is 1.15 bits per heavy atom. The van der Waals surface area contributed by atoms with E-state index in [4.69, 9.17) is 4.42 Å². The molecule has 0 bridgehead atoms. The van der Waals surface area contributed by atoms with E-state index in [0.717, 1.165) is 0 Å². The summed E-state index contributed by atoms with van der Waals surface area (Å²) in [4.78, 5) is 36.4. The lowest BCUT2D eigenvalue weighted by molar-refractivity contribution is -0.309. The van der Waals surface area contributed by atoms with Gasteiger partial charge < -0.3 is 25.0 Å². The Bertz CT molecular complexity index is 859. The first-order valence-corrected chi connectivity index (χ1v) is 8.91. The van der Waals surface area contributed by atoms with Crippen molar-refractivity contribution in [3.8, 4) is 0 Å². The van der Waals surface area contributed by atoms with Gasteiger partial charge in [0.15, 0.2) is 0 Å². The maximum Gasteiger partial charge on any atom is 0.268 e. The first-order chi connectivity index (χ1) is 12.8. The molecule has 1 atom stereocenters. The van der Waals surface area contributed by atoms with Gasteiger partial charge in [0.05, 0.1) is 23.8 Å². The van der Waals surface area contributed by atoms with E-state index in [1.807, 2.05) is 0 Å². The molecule has 0 saturated heterocycles. The van der Waals surface area contributed by atoms with Crippen molar-refractivity contribution in [3.63, 3.8) is 0 Å². The third-order valence-electron chi connectivity index (χ3n) is 3.65. The maximum absolute atomic E-state index is 12.6. The van der Waals surface area contributed by atoms with Crippen molar-refractivity contribution in [2.24, 2.45) is 5.92 Å². The first kappa shape index (κ1) is 20.4. The number of carboxylic acids is 1. The van der Waals surface area contributed by atoms with Gasteiger partial charge in [-0.2, -0.15) is 0 Å². The Morgan fingerprint density at radius 3 is 2.41 bits per heavy atom. The summed E-state index contributed by atoms with van der Waals surface area (Å²) in [6.45, 7) is 3.27. The van der Waals surface area contributed by atoms with Gasteiger partial charge in [-0.1, -0.05) is 26.0 Å². The molecule has 142 valence electrons. The quantitative estimate of drug-likeness (QED) is 0.645. The second kappa shape index (κ2) is 9.18. The minimum Gasteiger partial charge on any atom is -0.548 e. The van der Waals surface area contributed by atoms with Crippen LogP contribution in [0.15, 0.2) is 57.2 Å². The molecule has 0 radical (unpaired) electrons. The SMILES string of the molecule is CC(C)[C@@H](NC(=O)/C(=C/c1ccco1)NC(=O)c1ccccc1Br)C(=O)[O-]. The Balaban J connectivity index is 2.29. The van der Waals surface area contributed by atoms with Gasteiger partial charge in [0.25, 0.3) is 11.8 Å². The fourth-order valence-corrected chi connectivity index (χ4v) is 2.69. The number of hydrogen-bond acceptors (Lipinski definition) is 5. The highest BCUT2D eigenvalue weighted by atomic mass is 79.9. The van der Waals surface area contributed by atoms with Crippen molar-refractivity contribution < 1.29 is 23.9 Å². The van der Waals surface area contributed by atoms with Crippen LogP contribution in [0.25, 0.3) is 6.08 Å². The summed E-state index contributed by atoms with van der Waals surface area (Å²) in [7, 11) is 0. The van der Waals surface area contributed by atoms with E-state index in [1.165, 1.54) is 12.3 Å². The van der Waals surface area contributed by atoms with Crippen LogP contribution in [0.3, 0.4) is 0 Å². The van der Waals surface area contributed by atoms with Crippen molar-refractivity contribution in [2.75, 3.05) is 0 Å². The molecular formula is C19H18BrN2O5-. The molecule has 2 N–H and O–H groups in total. The number of benzene rings is 1. The zero-order valence-corrected chi connectivity index (χ0v) is 16.3. The van der Waals surface area contributed by atoms with Crippen molar-refractivity contribution in [1.82, 2.24) is 10.6 Å². The smallest absolute Gasteiger partial charge is 0.268 e. The van der Waals surface area contributed by atoms with E-state index < -0.39 is 29.7 Å². The van der Waals surface area contributed by atoms with Gasteiger partial charge in [-0.3, -0.25) is 9.59 Å². The molecule has 0 aliphatic heterocycles. The van der Waals surface area contributed by atoms with Crippen LogP contribution < -0.4 is 15.7 Å². The summed E-state index contributed by atoms with van der Waals surface area (Å²) in [5, 5.41) is 16.1. The van der Waals surface area contributed by atoms with Crippen LogP contribution in [-0.2, 0) is 9.59 Å². The predicted molar refractivity (Wildman–Crippen MR) is 100 cm³/mol. The highest BCUT2D eigenvalue weighted by Gasteiger charge is 2.22. The summed E-state index contributed by atoms with van der Waals surface area (Å²) in [6.07, 6.45) is 2.73. The molecule has 1 aromatic carbocycles. The molecule has 27 heavy (non-hydrogen) atoms.